The van der Waals surface area contributed by atoms with Crippen LogP contribution in [0.5, 0.6) is 5.75 Å². The summed E-state index contributed by atoms with van der Waals surface area (Å²) in [6.07, 6.45) is 3.33. The lowest BCUT2D eigenvalue weighted by molar-refractivity contribution is -0.139. The number of ketones is 1. The second-order valence-electron chi connectivity index (χ2n) is 9.41. The van der Waals surface area contributed by atoms with Gasteiger partial charge in [0, 0.05) is 39.0 Å². The number of hydrogen-bond acceptors (Lipinski definition) is 6. The monoisotopic (exact) mass is 547 g/mol. The van der Waals surface area contributed by atoms with Crippen LogP contribution >= 0.6 is 23.2 Å². The Labute approximate surface area is 226 Å². The standard InChI is InChI=1S/C27H31Cl2N3O5/c28-26-22(30-24(34)17-25(35)36)7-8-23(27(26)29)32-12-10-31(11-13-32)9-1-2-14-37-21-6-4-18-3-5-20(33)15-19(18)16-21/h4,6-8,16H,1-3,5,9-15,17H2,(H,30,34)(H,35,36). The minimum Gasteiger partial charge on any atom is -0.494 e. The SMILES string of the molecule is O=C(O)CC(=O)Nc1ccc(N2CCN(CCCCOc3ccc4c(c3)CC(=O)CC4)CC2)c(Cl)c1Cl. The fourth-order valence-electron chi connectivity index (χ4n) is 4.73. The quantitative estimate of drug-likeness (QED) is 0.335. The molecular weight excluding hydrogens is 517 g/mol. The number of hydrogen-bond donors (Lipinski definition) is 2. The number of carboxylic acids is 1. The summed E-state index contributed by atoms with van der Waals surface area (Å²) in [5, 5.41) is 11.8. The third-order valence-corrected chi connectivity index (χ3v) is 7.61. The predicted molar refractivity (Wildman–Crippen MR) is 144 cm³/mol. The Bertz CT molecular complexity index is 1160. The minimum absolute atomic E-state index is 0.200. The molecule has 0 spiro atoms. The average molecular weight is 548 g/mol. The van der Waals surface area contributed by atoms with Crippen LogP contribution in [0.4, 0.5) is 11.4 Å². The highest BCUT2D eigenvalue weighted by Crippen LogP contribution is 2.38. The average Bonchev–Trinajstić information content (AvgIpc) is 2.86. The van der Waals surface area contributed by atoms with Crippen molar-refractivity contribution in [3.05, 3.63) is 51.5 Å². The maximum Gasteiger partial charge on any atom is 0.312 e. The van der Waals surface area contributed by atoms with Gasteiger partial charge in [0.25, 0.3) is 0 Å². The van der Waals surface area contributed by atoms with Gasteiger partial charge in [-0.05, 0) is 61.2 Å². The number of carboxylic acid groups (broad SMARTS) is 1. The molecule has 1 saturated heterocycles. The summed E-state index contributed by atoms with van der Waals surface area (Å²) in [5.41, 5.74) is 3.45. The van der Waals surface area contributed by atoms with E-state index in [0.717, 1.165) is 69.0 Å². The number of nitrogens with zero attached hydrogens (tertiary/aromatic N) is 2. The Morgan fingerprint density at radius 2 is 1.76 bits per heavy atom. The zero-order chi connectivity index (χ0) is 26.4. The molecule has 1 fully saturated rings. The smallest absolute Gasteiger partial charge is 0.312 e. The second-order valence-corrected chi connectivity index (χ2v) is 10.2. The number of carbonyl (C=O) groups is 3. The molecule has 4 rings (SSSR count). The summed E-state index contributed by atoms with van der Waals surface area (Å²) in [6.45, 7) is 5.01. The van der Waals surface area contributed by atoms with Crippen LogP contribution in [0.1, 0.15) is 36.8 Å². The molecule has 0 aromatic heterocycles. The number of nitrogens with one attached hydrogen (secondary N) is 1. The predicted octanol–water partition coefficient (Wildman–Crippen LogP) is 4.45. The van der Waals surface area contributed by atoms with Crippen molar-refractivity contribution < 1.29 is 24.2 Å². The number of aliphatic carboxylic acids is 1. The first-order chi connectivity index (χ1) is 17.8. The van der Waals surface area contributed by atoms with Crippen molar-refractivity contribution in [3.63, 3.8) is 0 Å². The molecule has 10 heteroatoms. The Morgan fingerprint density at radius 1 is 0.973 bits per heavy atom. The van der Waals surface area contributed by atoms with Gasteiger partial charge in [-0.2, -0.15) is 0 Å². The summed E-state index contributed by atoms with van der Waals surface area (Å²) >= 11 is 12.8. The van der Waals surface area contributed by atoms with E-state index >= 15 is 0 Å². The molecule has 1 aliphatic heterocycles. The number of amides is 1. The van der Waals surface area contributed by atoms with Gasteiger partial charge in [0.05, 0.1) is 28.0 Å². The third-order valence-electron chi connectivity index (χ3n) is 6.74. The molecule has 0 radical (unpaired) electrons. The van der Waals surface area contributed by atoms with Crippen LogP contribution in [0.3, 0.4) is 0 Å². The van der Waals surface area contributed by atoms with Crippen LogP contribution in [0.25, 0.3) is 0 Å². The number of aryl methyl sites for hydroxylation is 1. The van der Waals surface area contributed by atoms with Gasteiger partial charge in [-0.1, -0.05) is 29.3 Å². The van der Waals surface area contributed by atoms with Gasteiger partial charge in [-0.25, -0.2) is 0 Å². The topological polar surface area (TPSA) is 99.2 Å². The second kappa shape index (κ2) is 12.6. The van der Waals surface area contributed by atoms with Crippen LogP contribution in [0, 0.1) is 0 Å². The Kier molecular flexibility index (Phi) is 9.29. The van der Waals surface area contributed by atoms with E-state index in [9.17, 15) is 14.4 Å². The molecule has 2 N–H and O–H groups in total. The molecule has 1 aliphatic carbocycles. The molecule has 0 bridgehead atoms. The van der Waals surface area contributed by atoms with E-state index < -0.39 is 18.3 Å². The highest BCUT2D eigenvalue weighted by Gasteiger charge is 2.22. The lowest BCUT2D eigenvalue weighted by atomic mass is 9.91. The summed E-state index contributed by atoms with van der Waals surface area (Å²) in [5.74, 6) is -0.732. The number of benzene rings is 2. The molecule has 1 amide bonds. The number of piperazine rings is 1. The van der Waals surface area contributed by atoms with E-state index in [0.29, 0.717) is 35.9 Å². The van der Waals surface area contributed by atoms with Gasteiger partial charge in [-0.3, -0.25) is 19.3 Å². The fourth-order valence-corrected chi connectivity index (χ4v) is 5.22. The molecule has 37 heavy (non-hydrogen) atoms. The van der Waals surface area contributed by atoms with E-state index in [1.165, 1.54) is 5.56 Å². The van der Waals surface area contributed by atoms with Crippen molar-refractivity contribution in [1.82, 2.24) is 4.90 Å². The molecule has 8 nitrogen and oxygen atoms in total. The van der Waals surface area contributed by atoms with Crippen molar-refractivity contribution in [2.45, 2.75) is 38.5 Å². The van der Waals surface area contributed by atoms with Crippen LogP contribution < -0.4 is 15.0 Å². The van der Waals surface area contributed by atoms with E-state index in [-0.39, 0.29) is 5.02 Å². The van der Waals surface area contributed by atoms with Crippen LogP contribution in [0.15, 0.2) is 30.3 Å². The van der Waals surface area contributed by atoms with E-state index in [1.807, 2.05) is 12.1 Å². The Hall–Kier alpha value is -2.81. The van der Waals surface area contributed by atoms with Gasteiger partial charge in [-0.15, -0.1) is 0 Å². The molecule has 2 aromatic rings. The maximum absolute atomic E-state index is 11.7. The van der Waals surface area contributed by atoms with Gasteiger partial charge in [0.2, 0.25) is 5.91 Å². The number of unbranched alkanes of at least 4 members (excludes halogenated alkanes) is 1. The number of carbonyl (C=O) groups excluding carboxylic acids is 2. The number of Topliss-reactive ketones (excluding diaryl/α,β-unsaturated/α-hetero) is 1. The molecular formula is C27H31Cl2N3O5. The van der Waals surface area contributed by atoms with Crippen LogP contribution in [-0.2, 0) is 27.2 Å². The van der Waals surface area contributed by atoms with Gasteiger partial charge < -0.3 is 20.1 Å². The molecule has 198 valence electrons. The number of halogens is 2. The summed E-state index contributed by atoms with van der Waals surface area (Å²) in [4.78, 5) is 38.7. The molecule has 2 aromatic carbocycles. The summed E-state index contributed by atoms with van der Waals surface area (Å²) in [6, 6.07) is 9.55. The van der Waals surface area contributed by atoms with E-state index in [2.05, 4.69) is 21.2 Å². The fraction of sp³-hybridized carbons (Fsp3) is 0.444. The highest BCUT2D eigenvalue weighted by molar-refractivity contribution is 6.45. The Balaban J connectivity index is 1.18. The summed E-state index contributed by atoms with van der Waals surface area (Å²) in [7, 11) is 0. The Morgan fingerprint density at radius 3 is 2.51 bits per heavy atom. The van der Waals surface area contributed by atoms with E-state index in [1.54, 1.807) is 12.1 Å². The summed E-state index contributed by atoms with van der Waals surface area (Å²) < 4.78 is 5.93. The third kappa shape index (κ3) is 7.37. The first-order valence-corrected chi connectivity index (χ1v) is 13.3. The zero-order valence-corrected chi connectivity index (χ0v) is 22.1. The molecule has 0 saturated carbocycles. The molecule has 2 aliphatic rings. The van der Waals surface area contributed by atoms with Crippen molar-refractivity contribution >= 4 is 52.2 Å². The van der Waals surface area contributed by atoms with Gasteiger partial charge in [0.1, 0.15) is 18.0 Å². The van der Waals surface area contributed by atoms with Crippen LogP contribution in [-0.4, -0.2) is 67.0 Å². The highest BCUT2D eigenvalue weighted by atomic mass is 35.5. The van der Waals surface area contributed by atoms with Crippen LogP contribution in [0.2, 0.25) is 10.0 Å². The first kappa shape index (κ1) is 27.2. The molecule has 1 heterocycles. The van der Waals surface area contributed by atoms with E-state index in [4.69, 9.17) is 33.0 Å². The van der Waals surface area contributed by atoms with Gasteiger partial charge in [0.15, 0.2) is 0 Å². The zero-order valence-electron chi connectivity index (χ0n) is 20.6. The maximum atomic E-state index is 11.7. The normalized spacial score (nSPS) is 15.8. The number of ether oxygens (including phenoxy) is 1. The first-order valence-electron chi connectivity index (χ1n) is 12.5. The van der Waals surface area contributed by atoms with Crippen molar-refractivity contribution in [1.29, 1.82) is 0 Å². The number of rotatable bonds is 10. The largest absolute Gasteiger partial charge is 0.494 e. The van der Waals surface area contributed by atoms with Crippen molar-refractivity contribution in [2.75, 3.05) is 49.5 Å². The lowest BCUT2D eigenvalue weighted by Gasteiger charge is -2.36. The van der Waals surface area contributed by atoms with Gasteiger partial charge >= 0.3 is 5.97 Å². The molecule has 0 unspecified atom stereocenters. The molecule has 0 atom stereocenters. The lowest BCUT2D eigenvalue weighted by Crippen LogP contribution is -2.46. The number of fused-ring (bicyclic) bond motifs is 1. The van der Waals surface area contributed by atoms with Crippen molar-refractivity contribution in [3.8, 4) is 5.75 Å². The number of anilines is 2. The minimum atomic E-state index is -1.21. The van der Waals surface area contributed by atoms with Crippen molar-refractivity contribution in [2.24, 2.45) is 0 Å².